The van der Waals surface area contributed by atoms with Crippen molar-refractivity contribution in [1.29, 1.82) is 0 Å². The van der Waals surface area contributed by atoms with Gasteiger partial charge in [0, 0.05) is 0 Å². The summed E-state index contributed by atoms with van der Waals surface area (Å²) in [7, 11) is 0. The van der Waals surface area contributed by atoms with Gasteiger partial charge in [-0.05, 0) is 11.6 Å². The van der Waals surface area contributed by atoms with E-state index in [0.29, 0.717) is 0 Å². The van der Waals surface area contributed by atoms with Gasteiger partial charge in [0.25, 0.3) is 0 Å². The van der Waals surface area contributed by atoms with E-state index in [1.165, 1.54) is 6.08 Å². The van der Waals surface area contributed by atoms with Crippen molar-refractivity contribution in [3.8, 4) is 0 Å². The highest BCUT2D eigenvalue weighted by Gasteiger charge is 2.08. The van der Waals surface area contributed by atoms with Gasteiger partial charge in [-0.2, -0.15) is 0 Å². The lowest BCUT2D eigenvalue weighted by molar-refractivity contribution is -0.123. The Bertz CT molecular complexity index is 317. The van der Waals surface area contributed by atoms with Crippen molar-refractivity contribution >= 4 is 11.9 Å². The molecule has 3 heteroatoms. The molecule has 1 rings (SSSR count). The molecule has 3 nitrogen and oxygen atoms in total. The molecule has 14 heavy (non-hydrogen) atoms. The molecule has 0 aliphatic carbocycles. The highest BCUT2D eigenvalue weighted by molar-refractivity contribution is 5.96. The number of hydrogen-bond donors (Lipinski definition) is 2. The zero-order chi connectivity index (χ0) is 10.4. The van der Waals surface area contributed by atoms with Crippen LogP contribution in [-0.2, 0) is 4.79 Å². The molecular formula is C11H12O3. The molecule has 0 aliphatic rings. The molecule has 0 spiro atoms. The second-order valence-corrected chi connectivity index (χ2v) is 2.84. The summed E-state index contributed by atoms with van der Waals surface area (Å²) in [6.45, 7) is -0.544. The van der Waals surface area contributed by atoms with Crippen LogP contribution in [0, 0.1) is 0 Å². The monoisotopic (exact) mass is 192 g/mol. The van der Waals surface area contributed by atoms with E-state index < -0.39 is 18.5 Å². The fraction of sp³-hybridized carbons (Fsp3) is 0.182. The largest absolute Gasteiger partial charge is 0.393 e. The molecule has 1 unspecified atom stereocenters. The second kappa shape index (κ2) is 5.32. The maximum atomic E-state index is 11.1. The average molecular weight is 192 g/mol. The first-order valence-corrected chi connectivity index (χ1v) is 4.30. The Morgan fingerprint density at radius 3 is 2.57 bits per heavy atom. The highest BCUT2D eigenvalue weighted by atomic mass is 16.3. The van der Waals surface area contributed by atoms with Gasteiger partial charge < -0.3 is 10.2 Å². The van der Waals surface area contributed by atoms with Crippen molar-refractivity contribution in [2.75, 3.05) is 6.61 Å². The molecule has 0 heterocycles. The normalized spacial score (nSPS) is 13.0. The number of ketones is 1. The molecule has 1 aromatic carbocycles. The summed E-state index contributed by atoms with van der Waals surface area (Å²) in [5.41, 5.74) is 0.881. The van der Waals surface area contributed by atoms with Crippen LogP contribution in [0.15, 0.2) is 36.4 Å². The summed E-state index contributed by atoms with van der Waals surface area (Å²) in [6, 6.07) is 9.27. The summed E-state index contributed by atoms with van der Waals surface area (Å²) >= 11 is 0. The molecule has 0 amide bonds. The van der Waals surface area contributed by atoms with Gasteiger partial charge in [0.2, 0.25) is 0 Å². The van der Waals surface area contributed by atoms with Crippen LogP contribution < -0.4 is 0 Å². The number of aliphatic hydroxyl groups is 2. The predicted molar refractivity (Wildman–Crippen MR) is 53.6 cm³/mol. The van der Waals surface area contributed by atoms with Gasteiger partial charge in [0.15, 0.2) is 5.78 Å². The first-order valence-electron chi connectivity index (χ1n) is 4.30. The molecule has 0 aliphatic heterocycles. The second-order valence-electron chi connectivity index (χ2n) is 2.84. The molecule has 0 aromatic heterocycles. The quantitative estimate of drug-likeness (QED) is 0.688. The average Bonchev–Trinajstić information content (AvgIpc) is 2.26. The molecule has 0 saturated carbocycles. The third kappa shape index (κ3) is 3.12. The number of aliphatic hydroxyl groups excluding tert-OH is 2. The topological polar surface area (TPSA) is 57.5 Å². The Morgan fingerprint density at radius 2 is 2.00 bits per heavy atom. The Morgan fingerprint density at radius 1 is 1.36 bits per heavy atom. The maximum Gasteiger partial charge on any atom is 0.186 e. The standard InChI is InChI=1S/C11H12O3/c12-8-11(14)10(13)7-6-9-4-2-1-3-5-9/h1-7,11-12,14H,8H2/b7-6+. The molecule has 0 saturated heterocycles. The van der Waals surface area contributed by atoms with E-state index in [4.69, 9.17) is 10.2 Å². The number of carbonyl (C=O) groups is 1. The Kier molecular flexibility index (Phi) is 4.04. The molecule has 0 fully saturated rings. The van der Waals surface area contributed by atoms with E-state index in [1.54, 1.807) is 6.08 Å². The molecule has 0 radical (unpaired) electrons. The number of hydrogen-bond acceptors (Lipinski definition) is 3. The van der Waals surface area contributed by atoms with Crippen molar-refractivity contribution in [3.05, 3.63) is 42.0 Å². The number of carbonyl (C=O) groups excluding carboxylic acids is 1. The van der Waals surface area contributed by atoms with Gasteiger partial charge in [-0.25, -0.2) is 0 Å². The molecule has 1 aromatic rings. The lowest BCUT2D eigenvalue weighted by Gasteiger charge is -2.00. The van der Waals surface area contributed by atoms with Gasteiger partial charge in [0.05, 0.1) is 6.61 Å². The Hall–Kier alpha value is -1.45. The first kappa shape index (κ1) is 10.6. The van der Waals surface area contributed by atoms with Gasteiger partial charge in [-0.15, -0.1) is 0 Å². The van der Waals surface area contributed by atoms with E-state index in [9.17, 15) is 4.79 Å². The first-order chi connectivity index (χ1) is 6.74. The SMILES string of the molecule is O=C(/C=C/c1ccccc1)C(O)CO. The third-order valence-electron chi connectivity index (χ3n) is 1.74. The van der Waals surface area contributed by atoms with Crippen LogP contribution in [0.3, 0.4) is 0 Å². The zero-order valence-corrected chi connectivity index (χ0v) is 7.63. The fourth-order valence-corrected chi connectivity index (χ4v) is 0.944. The van der Waals surface area contributed by atoms with Crippen LogP contribution in [0.4, 0.5) is 0 Å². The lowest BCUT2D eigenvalue weighted by atomic mass is 10.1. The molecular weight excluding hydrogens is 180 g/mol. The van der Waals surface area contributed by atoms with E-state index >= 15 is 0 Å². The lowest BCUT2D eigenvalue weighted by Crippen LogP contribution is -2.21. The highest BCUT2D eigenvalue weighted by Crippen LogP contribution is 2.01. The van der Waals surface area contributed by atoms with Crippen LogP contribution >= 0.6 is 0 Å². The molecule has 74 valence electrons. The van der Waals surface area contributed by atoms with E-state index in [1.807, 2.05) is 30.3 Å². The summed E-state index contributed by atoms with van der Waals surface area (Å²) in [5.74, 6) is -0.489. The van der Waals surface area contributed by atoms with Crippen molar-refractivity contribution in [2.45, 2.75) is 6.10 Å². The van der Waals surface area contributed by atoms with Crippen molar-refractivity contribution < 1.29 is 15.0 Å². The summed E-state index contributed by atoms with van der Waals surface area (Å²) < 4.78 is 0. The van der Waals surface area contributed by atoms with Crippen LogP contribution in [0.5, 0.6) is 0 Å². The van der Waals surface area contributed by atoms with Gasteiger partial charge in [-0.1, -0.05) is 36.4 Å². The van der Waals surface area contributed by atoms with E-state index in [-0.39, 0.29) is 0 Å². The molecule has 0 bridgehead atoms. The van der Waals surface area contributed by atoms with Gasteiger partial charge in [-0.3, -0.25) is 4.79 Å². The summed E-state index contributed by atoms with van der Waals surface area (Å²) in [5, 5.41) is 17.5. The van der Waals surface area contributed by atoms with E-state index in [2.05, 4.69) is 0 Å². The Labute approximate surface area is 82.3 Å². The fourth-order valence-electron chi connectivity index (χ4n) is 0.944. The van der Waals surface area contributed by atoms with Crippen molar-refractivity contribution in [1.82, 2.24) is 0 Å². The number of rotatable bonds is 4. The summed E-state index contributed by atoms with van der Waals surface area (Å²) in [6.07, 6.45) is 1.55. The zero-order valence-electron chi connectivity index (χ0n) is 7.63. The minimum Gasteiger partial charge on any atom is -0.393 e. The van der Waals surface area contributed by atoms with Crippen LogP contribution in [0.25, 0.3) is 6.08 Å². The van der Waals surface area contributed by atoms with Crippen LogP contribution in [0.2, 0.25) is 0 Å². The summed E-state index contributed by atoms with van der Waals surface area (Å²) in [4.78, 5) is 11.1. The minimum atomic E-state index is -1.31. The number of benzene rings is 1. The minimum absolute atomic E-state index is 0.489. The van der Waals surface area contributed by atoms with Crippen LogP contribution in [-0.4, -0.2) is 28.7 Å². The van der Waals surface area contributed by atoms with Gasteiger partial charge in [0.1, 0.15) is 6.10 Å². The Balaban J connectivity index is 2.61. The molecule has 1 atom stereocenters. The van der Waals surface area contributed by atoms with Crippen LogP contribution in [0.1, 0.15) is 5.56 Å². The maximum absolute atomic E-state index is 11.1. The van der Waals surface area contributed by atoms with E-state index in [0.717, 1.165) is 5.56 Å². The molecule has 2 N–H and O–H groups in total. The third-order valence-corrected chi connectivity index (χ3v) is 1.74. The smallest absolute Gasteiger partial charge is 0.186 e. The van der Waals surface area contributed by atoms with Crippen molar-refractivity contribution in [2.24, 2.45) is 0 Å². The van der Waals surface area contributed by atoms with Crippen molar-refractivity contribution in [3.63, 3.8) is 0 Å². The predicted octanol–water partition coefficient (Wildman–Crippen LogP) is 0.622. The van der Waals surface area contributed by atoms with Gasteiger partial charge >= 0.3 is 0 Å².